The maximum absolute atomic E-state index is 12.5. The Morgan fingerprint density at radius 3 is 2.52 bits per heavy atom. The Morgan fingerprint density at radius 2 is 1.93 bits per heavy atom. The monoisotopic (exact) mass is 373 g/mol. The third-order valence-electron chi connectivity index (χ3n) is 3.80. The molecule has 2 aromatic rings. The van der Waals surface area contributed by atoms with Gasteiger partial charge in [0.15, 0.2) is 0 Å². The first-order valence-electron chi connectivity index (χ1n) is 8.49. The molecule has 0 saturated heterocycles. The fourth-order valence-electron chi connectivity index (χ4n) is 2.53. The SMILES string of the molecule is CCOC(=O)CC(C)NC(=O)Cn1ccn(-c2ccc(C(=N)N)cc2)c1=O. The maximum Gasteiger partial charge on any atom is 0.333 e. The van der Waals surface area contributed by atoms with Gasteiger partial charge in [-0.2, -0.15) is 0 Å². The van der Waals surface area contributed by atoms with Gasteiger partial charge >= 0.3 is 11.7 Å². The number of rotatable bonds is 8. The van der Waals surface area contributed by atoms with Crippen molar-refractivity contribution in [2.24, 2.45) is 5.73 Å². The summed E-state index contributed by atoms with van der Waals surface area (Å²) in [5, 5.41) is 10.1. The molecular weight excluding hydrogens is 350 g/mol. The van der Waals surface area contributed by atoms with E-state index in [0.717, 1.165) is 0 Å². The number of carbonyl (C=O) groups excluding carboxylic acids is 2. The molecule has 0 spiro atoms. The van der Waals surface area contributed by atoms with Crippen LogP contribution in [0.15, 0.2) is 41.5 Å². The van der Waals surface area contributed by atoms with E-state index in [-0.39, 0.29) is 43.0 Å². The number of benzene rings is 1. The van der Waals surface area contributed by atoms with Gasteiger partial charge in [-0.05, 0) is 38.1 Å². The summed E-state index contributed by atoms with van der Waals surface area (Å²) in [6, 6.07) is 6.23. The lowest BCUT2D eigenvalue weighted by Crippen LogP contribution is -2.38. The van der Waals surface area contributed by atoms with E-state index in [9.17, 15) is 14.4 Å². The smallest absolute Gasteiger partial charge is 0.333 e. The fraction of sp³-hybridized carbons (Fsp3) is 0.333. The number of amides is 1. The van der Waals surface area contributed by atoms with Crippen molar-refractivity contribution in [3.63, 3.8) is 0 Å². The van der Waals surface area contributed by atoms with Crippen molar-refractivity contribution in [3.05, 3.63) is 52.7 Å². The minimum atomic E-state index is -0.395. The fourth-order valence-corrected chi connectivity index (χ4v) is 2.53. The van der Waals surface area contributed by atoms with E-state index in [1.54, 1.807) is 44.3 Å². The molecule has 4 N–H and O–H groups in total. The standard InChI is InChI=1S/C18H23N5O4/c1-3-27-16(25)10-12(2)21-15(24)11-22-8-9-23(18(22)26)14-6-4-13(5-7-14)17(19)20/h4-9,12H,3,10-11H2,1-2H3,(H3,19,20)(H,21,24). The van der Waals surface area contributed by atoms with Gasteiger partial charge in [0.1, 0.15) is 12.4 Å². The Labute approximate surface area is 156 Å². The quantitative estimate of drug-likeness (QED) is 0.350. The molecule has 1 unspecified atom stereocenters. The molecule has 0 aliphatic heterocycles. The maximum atomic E-state index is 12.5. The number of hydrogen-bond acceptors (Lipinski definition) is 5. The highest BCUT2D eigenvalue weighted by molar-refractivity contribution is 5.95. The molecule has 2 rings (SSSR count). The van der Waals surface area contributed by atoms with Gasteiger partial charge < -0.3 is 15.8 Å². The van der Waals surface area contributed by atoms with Crippen LogP contribution in [0.4, 0.5) is 0 Å². The number of carbonyl (C=O) groups is 2. The summed E-state index contributed by atoms with van der Waals surface area (Å²) in [5.41, 5.74) is 6.19. The van der Waals surface area contributed by atoms with Gasteiger partial charge in [0.05, 0.1) is 18.7 Å². The molecule has 1 atom stereocenters. The van der Waals surface area contributed by atoms with Crippen molar-refractivity contribution in [2.45, 2.75) is 32.9 Å². The molecule has 0 saturated carbocycles. The van der Waals surface area contributed by atoms with Crippen LogP contribution in [0.5, 0.6) is 0 Å². The van der Waals surface area contributed by atoms with Gasteiger partial charge in [-0.1, -0.05) is 0 Å². The van der Waals surface area contributed by atoms with Crippen LogP contribution < -0.4 is 16.7 Å². The summed E-state index contributed by atoms with van der Waals surface area (Å²) in [4.78, 5) is 36.0. The number of aromatic nitrogens is 2. The molecule has 0 radical (unpaired) electrons. The summed E-state index contributed by atoms with van der Waals surface area (Å²) in [6.45, 7) is 3.53. The minimum Gasteiger partial charge on any atom is -0.466 e. The normalized spacial score (nSPS) is 11.6. The first-order chi connectivity index (χ1) is 12.8. The first kappa shape index (κ1) is 20.0. The Hall–Kier alpha value is -3.36. The highest BCUT2D eigenvalue weighted by Crippen LogP contribution is 2.07. The molecule has 1 heterocycles. The summed E-state index contributed by atoms with van der Waals surface area (Å²) < 4.78 is 7.49. The second-order valence-corrected chi connectivity index (χ2v) is 6.02. The van der Waals surface area contributed by atoms with Crippen molar-refractivity contribution in [1.82, 2.24) is 14.5 Å². The number of hydrogen-bond donors (Lipinski definition) is 3. The summed E-state index contributed by atoms with van der Waals surface area (Å²) >= 11 is 0. The molecular formula is C18H23N5O4. The van der Waals surface area contributed by atoms with Gasteiger partial charge in [0.2, 0.25) is 5.91 Å². The predicted octanol–water partition coefficient (Wildman–Crippen LogP) is 0.381. The molecule has 0 aliphatic rings. The van der Waals surface area contributed by atoms with Crippen LogP contribution in [-0.4, -0.2) is 39.5 Å². The summed E-state index contributed by atoms with van der Waals surface area (Å²) in [6.07, 6.45) is 3.13. The van der Waals surface area contributed by atoms with E-state index in [2.05, 4.69) is 5.32 Å². The second-order valence-electron chi connectivity index (χ2n) is 6.02. The zero-order valence-electron chi connectivity index (χ0n) is 15.3. The van der Waals surface area contributed by atoms with Crippen LogP contribution in [0.2, 0.25) is 0 Å². The average Bonchev–Trinajstić information content (AvgIpc) is 2.95. The lowest BCUT2D eigenvalue weighted by molar-refractivity contribution is -0.143. The Bertz CT molecular complexity index is 882. The van der Waals surface area contributed by atoms with Crippen LogP contribution in [0.3, 0.4) is 0 Å². The summed E-state index contributed by atoms with van der Waals surface area (Å²) in [5.74, 6) is -0.818. The van der Waals surface area contributed by atoms with Crippen molar-refractivity contribution in [2.75, 3.05) is 6.61 Å². The molecule has 0 fully saturated rings. The number of imidazole rings is 1. The Balaban J connectivity index is 2.02. The van der Waals surface area contributed by atoms with Crippen LogP contribution >= 0.6 is 0 Å². The predicted molar refractivity (Wildman–Crippen MR) is 99.9 cm³/mol. The molecule has 1 aromatic carbocycles. The lowest BCUT2D eigenvalue weighted by Gasteiger charge is -2.13. The van der Waals surface area contributed by atoms with Crippen molar-refractivity contribution >= 4 is 17.7 Å². The van der Waals surface area contributed by atoms with Crippen molar-refractivity contribution < 1.29 is 14.3 Å². The Kier molecular flexibility index (Phi) is 6.53. The number of esters is 1. The van der Waals surface area contributed by atoms with Gasteiger partial charge in [-0.3, -0.25) is 24.1 Å². The number of amidine groups is 1. The Morgan fingerprint density at radius 1 is 1.26 bits per heavy atom. The number of nitrogens with one attached hydrogen (secondary N) is 2. The second kappa shape index (κ2) is 8.84. The largest absolute Gasteiger partial charge is 0.466 e. The highest BCUT2D eigenvalue weighted by Gasteiger charge is 2.14. The van der Waals surface area contributed by atoms with E-state index in [1.165, 1.54) is 15.3 Å². The highest BCUT2D eigenvalue weighted by atomic mass is 16.5. The summed E-state index contributed by atoms with van der Waals surface area (Å²) in [7, 11) is 0. The molecule has 1 amide bonds. The van der Waals surface area contributed by atoms with E-state index in [0.29, 0.717) is 11.3 Å². The van der Waals surface area contributed by atoms with Gasteiger partial charge in [-0.25, -0.2) is 4.79 Å². The zero-order chi connectivity index (χ0) is 20.0. The van der Waals surface area contributed by atoms with Crippen molar-refractivity contribution in [3.8, 4) is 5.69 Å². The molecule has 0 aliphatic carbocycles. The van der Waals surface area contributed by atoms with Crippen LogP contribution in [0.1, 0.15) is 25.8 Å². The molecule has 9 heteroatoms. The van der Waals surface area contributed by atoms with Crippen LogP contribution in [0, 0.1) is 5.41 Å². The van der Waals surface area contributed by atoms with Gasteiger partial charge in [-0.15, -0.1) is 0 Å². The van der Waals surface area contributed by atoms with Crippen LogP contribution in [0.25, 0.3) is 5.69 Å². The van der Waals surface area contributed by atoms with Crippen molar-refractivity contribution in [1.29, 1.82) is 5.41 Å². The van der Waals surface area contributed by atoms with Crippen LogP contribution in [-0.2, 0) is 20.9 Å². The molecule has 27 heavy (non-hydrogen) atoms. The first-order valence-corrected chi connectivity index (χ1v) is 8.49. The topological polar surface area (TPSA) is 132 Å². The average molecular weight is 373 g/mol. The third kappa shape index (κ3) is 5.30. The molecule has 0 bridgehead atoms. The molecule has 1 aromatic heterocycles. The molecule has 9 nitrogen and oxygen atoms in total. The number of nitrogen functional groups attached to an aromatic ring is 1. The van der Waals surface area contributed by atoms with E-state index in [1.807, 2.05) is 0 Å². The number of nitrogens with two attached hydrogens (primary N) is 1. The zero-order valence-corrected chi connectivity index (χ0v) is 15.3. The van der Waals surface area contributed by atoms with E-state index >= 15 is 0 Å². The number of nitrogens with zero attached hydrogens (tertiary/aromatic N) is 2. The minimum absolute atomic E-state index is 0.0555. The van der Waals surface area contributed by atoms with Gasteiger partial charge in [0, 0.05) is 24.0 Å². The molecule has 144 valence electrons. The van der Waals surface area contributed by atoms with E-state index in [4.69, 9.17) is 15.9 Å². The van der Waals surface area contributed by atoms with Gasteiger partial charge in [0.25, 0.3) is 0 Å². The van der Waals surface area contributed by atoms with E-state index < -0.39 is 6.04 Å². The third-order valence-corrected chi connectivity index (χ3v) is 3.80. The number of ether oxygens (including phenoxy) is 1. The lowest BCUT2D eigenvalue weighted by atomic mass is 10.2.